The van der Waals surface area contributed by atoms with Gasteiger partial charge in [-0.25, -0.2) is 0 Å². The first kappa shape index (κ1) is 13.8. The normalized spacial score (nSPS) is 16.5. The van der Waals surface area contributed by atoms with Gasteiger partial charge in [-0.05, 0) is 23.3 Å². The molecule has 3 rings (SSSR count). The minimum Gasteiger partial charge on any atom is -0.295 e. The summed E-state index contributed by atoms with van der Waals surface area (Å²) in [5, 5.41) is 6.69. The van der Waals surface area contributed by atoms with Gasteiger partial charge in [0.1, 0.15) is 0 Å². The zero-order chi connectivity index (χ0) is 14.3. The number of hydrazone groups is 1. The Bertz CT molecular complexity index is 560. The molecule has 1 saturated heterocycles. The Hall–Kier alpha value is -2.20. The fourth-order valence-corrected chi connectivity index (χ4v) is 2.45. The van der Waals surface area contributed by atoms with Crippen LogP contribution in [0.1, 0.15) is 11.1 Å². The molecule has 1 aromatic carbocycles. The van der Waals surface area contributed by atoms with Gasteiger partial charge in [0.05, 0.1) is 6.21 Å². The zero-order valence-electron chi connectivity index (χ0n) is 12.1. The number of hydrogen-bond acceptors (Lipinski definition) is 4. The first-order valence-corrected chi connectivity index (χ1v) is 7.35. The van der Waals surface area contributed by atoms with Crippen LogP contribution in [0, 0.1) is 0 Å². The van der Waals surface area contributed by atoms with Gasteiger partial charge in [-0.15, -0.1) is 0 Å². The third-order valence-electron chi connectivity index (χ3n) is 3.67. The Morgan fingerprint density at radius 3 is 2.38 bits per heavy atom. The Kier molecular flexibility index (Phi) is 4.59. The Labute approximate surface area is 125 Å². The molecule has 1 fully saturated rings. The molecule has 2 aromatic rings. The number of hydrogen-bond donors (Lipinski definition) is 0. The van der Waals surface area contributed by atoms with Crippen molar-refractivity contribution in [1.29, 1.82) is 0 Å². The molecule has 2 heterocycles. The molecule has 21 heavy (non-hydrogen) atoms. The number of nitrogens with zero attached hydrogens (tertiary/aromatic N) is 4. The Morgan fingerprint density at radius 1 is 0.952 bits per heavy atom. The minimum atomic E-state index is 0.981. The number of aromatic nitrogens is 1. The fourth-order valence-electron chi connectivity index (χ4n) is 2.45. The topological polar surface area (TPSA) is 31.7 Å². The van der Waals surface area contributed by atoms with Crippen molar-refractivity contribution in [2.75, 3.05) is 26.2 Å². The number of rotatable bonds is 4. The van der Waals surface area contributed by atoms with Crippen LogP contribution < -0.4 is 0 Å². The van der Waals surface area contributed by atoms with E-state index in [2.05, 4.69) is 50.3 Å². The Balaban J connectivity index is 1.48. The predicted octanol–water partition coefficient (Wildman–Crippen LogP) is 2.23. The minimum absolute atomic E-state index is 0.981. The molecule has 1 aliphatic rings. The van der Waals surface area contributed by atoms with Gasteiger partial charge >= 0.3 is 0 Å². The van der Waals surface area contributed by atoms with Crippen molar-refractivity contribution in [3.05, 3.63) is 66.0 Å². The molecule has 0 aliphatic carbocycles. The van der Waals surface area contributed by atoms with Crippen LogP contribution in [0.4, 0.5) is 0 Å². The average Bonchev–Trinajstić information content (AvgIpc) is 2.56. The number of pyridine rings is 1. The van der Waals surface area contributed by atoms with Gasteiger partial charge < -0.3 is 0 Å². The molecular weight excluding hydrogens is 260 g/mol. The van der Waals surface area contributed by atoms with Crippen molar-refractivity contribution in [3.8, 4) is 0 Å². The summed E-state index contributed by atoms with van der Waals surface area (Å²) in [5.74, 6) is 0. The lowest BCUT2D eigenvalue weighted by atomic mass is 10.2. The maximum absolute atomic E-state index is 4.55. The molecule has 0 radical (unpaired) electrons. The van der Waals surface area contributed by atoms with Crippen LogP contribution in [0.5, 0.6) is 0 Å². The summed E-state index contributed by atoms with van der Waals surface area (Å²) >= 11 is 0. The van der Waals surface area contributed by atoms with E-state index in [-0.39, 0.29) is 0 Å². The zero-order valence-corrected chi connectivity index (χ0v) is 12.1. The molecule has 0 N–H and O–H groups in total. The van der Waals surface area contributed by atoms with E-state index in [1.54, 1.807) is 12.4 Å². The molecule has 1 aromatic heterocycles. The van der Waals surface area contributed by atoms with E-state index in [1.807, 2.05) is 18.3 Å². The van der Waals surface area contributed by atoms with E-state index in [0.717, 1.165) is 38.3 Å². The molecule has 0 saturated carbocycles. The van der Waals surface area contributed by atoms with Crippen molar-refractivity contribution in [2.24, 2.45) is 5.10 Å². The highest BCUT2D eigenvalue weighted by atomic mass is 15.5. The number of piperazine rings is 1. The summed E-state index contributed by atoms with van der Waals surface area (Å²) in [6.45, 7) is 5.11. The largest absolute Gasteiger partial charge is 0.295 e. The third kappa shape index (κ3) is 4.13. The molecule has 1 aliphatic heterocycles. The van der Waals surface area contributed by atoms with Crippen LogP contribution in [0.25, 0.3) is 0 Å². The van der Waals surface area contributed by atoms with Crippen molar-refractivity contribution < 1.29 is 0 Å². The molecule has 0 unspecified atom stereocenters. The smallest absolute Gasteiger partial charge is 0.0544 e. The quantitative estimate of drug-likeness (QED) is 0.805. The van der Waals surface area contributed by atoms with Crippen LogP contribution in [-0.2, 0) is 6.54 Å². The van der Waals surface area contributed by atoms with Crippen LogP contribution >= 0.6 is 0 Å². The summed E-state index contributed by atoms with van der Waals surface area (Å²) in [7, 11) is 0. The molecule has 0 atom stereocenters. The molecule has 108 valence electrons. The lowest BCUT2D eigenvalue weighted by Crippen LogP contribution is -2.43. The second-order valence-corrected chi connectivity index (χ2v) is 5.24. The fraction of sp³-hybridized carbons (Fsp3) is 0.294. The predicted molar refractivity (Wildman–Crippen MR) is 85.1 cm³/mol. The molecule has 0 amide bonds. The first-order valence-electron chi connectivity index (χ1n) is 7.35. The van der Waals surface area contributed by atoms with Crippen molar-refractivity contribution in [2.45, 2.75) is 6.54 Å². The first-order chi connectivity index (χ1) is 10.4. The number of benzene rings is 1. The van der Waals surface area contributed by atoms with Gasteiger partial charge in [0.15, 0.2) is 0 Å². The van der Waals surface area contributed by atoms with Crippen LogP contribution in [0.15, 0.2) is 60.0 Å². The monoisotopic (exact) mass is 280 g/mol. The van der Waals surface area contributed by atoms with E-state index in [4.69, 9.17) is 0 Å². The van der Waals surface area contributed by atoms with Crippen LogP contribution in [-0.4, -0.2) is 47.3 Å². The maximum Gasteiger partial charge on any atom is 0.0544 e. The van der Waals surface area contributed by atoms with Crippen molar-refractivity contribution in [1.82, 2.24) is 14.9 Å². The molecular formula is C17H20N4. The van der Waals surface area contributed by atoms with Crippen molar-refractivity contribution in [3.63, 3.8) is 0 Å². The summed E-state index contributed by atoms with van der Waals surface area (Å²) in [6.07, 6.45) is 5.49. The van der Waals surface area contributed by atoms with E-state index < -0.39 is 0 Å². The Morgan fingerprint density at radius 2 is 1.67 bits per heavy atom. The van der Waals surface area contributed by atoms with Crippen molar-refractivity contribution >= 4 is 6.21 Å². The molecule has 0 spiro atoms. The van der Waals surface area contributed by atoms with Crippen LogP contribution in [0.2, 0.25) is 0 Å². The molecule has 4 nitrogen and oxygen atoms in total. The lowest BCUT2D eigenvalue weighted by molar-refractivity contribution is 0.131. The highest BCUT2D eigenvalue weighted by molar-refractivity contribution is 5.78. The van der Waals surface area contributed by atoms with Gasteiger partial charge in [0.2, 0.25) is 0 Å². The summed E-state index contributed by atoms with van der Waals surface area (Å²) in [6, 6.07) is 14.6. The highest BCUT2D eigenvalue weighted by Crippen LogP contribution is 2.08. The summed E-state index contributed by atoms with van der Waals surface area (Å²) in [5.41, 5.74) is 2.47. The summed E-state index contributed by atoms with van der Waals surface area (Å²) < 4.78 is 0. The highest BCUT2D eigenvalue weighted by Gasteiger charge is 2.15. The second kappa shape index (κ2) is 6.99. The third-order valence-corrected chi connectivity index (χ3v) is 3.67. The van der Waals surface area contributed by atoms with Crippen LogP contribution in [0.3, 0.4) is 0 Å². The average molecular weight is 280 g/mol. The summed E-state index contributed by atoms with van der Waals surface area (Å²) in [4.78, 5) is 6.49. The maximum atomic E-state index is 4.55. The van der Waals surface area contributed by atoms with Gasteiger partial charge in [0.25, 0.3) is 0 Å². The second-order valence-electron chi connectivity index (χ2n) is 5.24. The van der Waals surface area contributed by atoms with Gasteiger partial charge in [-0.1, -0.05) is 30.3 Å². The van der Waals surface area contributed by atoms with Gasteiger partial charge in [-0.3, -0.25) is 14.9 Å². The van der Waals surface area contributed by atoms with Gasteiger partial charge in [-0.2, -0.15) is 5.10 Å². The van der Waals surface area contributed by atoms with Gasteiger partial charge in [0, 0.05) is 45.1 Å². The van der Waals surface area contributed by atoms with E-state index in [9.17, 15) is 0 Å². The molecule has 0 bridgehead atoms. The SMILES string of the molecule is C(=N/N1CCN(Cc2ccccc2)CC1)/c1ccncc1. The van der Waals surface area contributed by atoms with E-state index in [1.165, 1.54) is 5.56 Å². The van der Waals surface area contributed by atoms with E-state index >= 15 is 0 Å². The van der Waals surface area contributed by atoms with E-state index in [0.29, 0.717) is 0 Å². The standard InChI is InChI=1S/C17H20N4/c1-2-4-17(5-3-1)15-20-10-12-21(13-11-20)19-14-16-6-8-18-9-7-16/h1-9,14H,10-13,15H2/b19-14-. The lowest BCUT2D eigenvalue weighted by Gasteiger charge is -2.33. The molecule has 4 heteroatoms.